The summed E-state index contributed by atoms with van der Waals surface area (Å²) in [6.07, 6.45) is 1.78. The van der Waals surface area contributed by atoms with Crippen LogP contribution in [0.4, 0.5) is 4.39 Å². The molecule has 0 aliphatic rings. The lowest BCUT2D eigenvalue weighted by Crippen LogP contribution is -2.12. The quantitative estimate of drug-likeness (QED) is 0.885. The van der Waals surface area contributed by atoms with Gasteiger partial charge in [0.2, 0.25) is 0 Å². The molecule has 1 aromatic heterocycles. The van der Waals surface area contributed by atoms with Crippen molar-refractivity contribution in [2.75, 3.05) is 0 Å². The Morgan fingerprint density at radius 2 is 2.00 bits per heavy atom. The highest BCUT2D eigenvalue weighted by Gasteiger charge is 2.12. The second-order valence-corrected chi connectivity index (χ2v) is 4.05. The van der Waals surface area contributed by atoms with Crippen LogP contribution < -0.4 is 5.73 Å². The average Bonchev–Trinajstić information content (AvgIpc) is 2.73. The Bertz CT molecular complexity index is 500. The SMILES string of the molecule is CCn1c(C(C)N)cnc1-c1ccc(F)cc1. The Morgan fingerprint density at radius 1 is 1.35 bits per heavy atom. The lowest BCUT2D eigenvalue weighted by molar-refractivity contribution is 0.627. The first kappa shape index (κ1) is 11.8. The highest BCUT2D eigenvalue weighted by Crippen LogP contribution is 2.22. The van der Waals surface area contributed by atoms with E-state index >= 15 is 0 Å². The number of benzene rings is 1. The highest BCUT2D eigenvalue weighted by atomic mass is 19.1. The molecule has 4 heteroatoms. The summed E-state index contributed by atoms with van der Waals surface area (Å²) in [5.41, 5.74) is 7.78. The molecule has 1 heterocycles. The molecule has 3 nitrogen and oxygen atoms in total. The van der Waals surface area contributed by atoms with Crippen molar-refractivity contribution in [2.24, 2.45) is 5.73 Å². The molecule has 0 radical (unpaired) electrons. The fraction of sp³-hybridized carbons (Fsp3) is 0.308. The van der Waals surface area contributed by atoms with E-state index in [0.717, 1.165) is 23.6 Å². The van der Waals surface area contributed by atoms with Gasteiger partial charge in [0, 0.05) is 18.2 Å². The largest absolute Gasteiger partial charge is 0.327 e. The van der Waals surface area contributed by atoms with Gasteiger partial charge in [-0.05, 0) is 38.1 Å². The summed E-state index contributed by atoms with van der Waals surface area (Å²) in [5, 5.41) is 0. The molecule has 1 aromatic carbocycles. The Hall–Kier alpha value is -1.68. The molecule has 17 heavy (non-hydrogen) atoms. The van der Waals surface area contributed by atoms with E-state index in [-0.39, 0.29) is 11.9 Å². The van der Waals surface area contributed by atoms with Crippen molar-refractivity contribution < 1.29 is 4.39 Å². The third-order valence-electron chi connectivity index (χ3n) is 2.77. The standard InChI is InChI=1S/C13H16FN3/c1-3-17-12(9(2)15)8-16-13(17)10-4-6-11(14)7-5-10/h4-9H,3,15H2,1-2H3. The van der Waals surface area contributed by atoms with Gasteiger partial charge >= 0.3 is 0 Å². The molecular weight excluding hydrogens is 217 g/mol. The van der Waals surface area contributed by atoms with Crippen LogP contribution in [0.3, 0.4) is 0 Å². The first-order valence-corrected chi connectivity index (χ1v) is 5.70. The normalized spacial score (nSPS) is 12.7. The second kappa shape index (κ2) is 4.67. The van der Waals surface area contributed by atoms with Crippen molar-refractivity contribution in [3.8, 4) is 11.4 Å². The van der Waals surface area contributed by atoms with E-state index in [2.05, 4.69) is 9.55 Å². The molecule has 0 saturated heterocycles. The maximum atomic E-state index is 12.9. The summed E-state index contributed by atoms with van der Waals surface area (Å²) in [6.45, 7) is 4.77. The minimum Gasteiger partial charge on any atom is -0.327 e. The minimum absolute atomic E-state index is 0.0587. The van der Waals surface area contributed by atoms with Crippen molar-refractivity contribution >= 4 is 0 Å². The molecule has 0 aliphatic heterocycles. The van der Waals surface area contributed by atoms with Gasteiger partial charge in [0.1, 0.15) is 11.6 Å². The number of aromatic nitrogens is 2. The van der Waals surface area contributed by atoms with Gasteiger partial charge in [0.15, 0.2) is 0 Å². The summed E-state index contributed by atoms with van der Waals surface area (Å²) in [7, 11) is 0. The maximum Gasteiger partial charge on any atom is 0.140 e. The molecular formula is C13H16FN3. The third-order valence-corrected chi connectivity index (χ3v) is 2.77. The van der Waals surface area contributed by atoms with Crippen LogP contribution in [0.25, 0.3) is 11.4 Å². The average molecular weight is 233 g/mol. The van der Waals surface area contributed by atoms with Gasteiger partial charge in [-0.15, -0.1) is 0 Å². The zero-order chi connectivity index (χ0) is 12.4. The number of halogens is 1. The summed E-state index contributed by atoms with van der Waals surface area (Å²) in [4.78, 5) is 4.37. The first-order valence-electron chi connectivity index (χ1n) is 5.70. The fourth-order valence-corrected chi connectivity index (χ4v) is 1.91. The van der Waals surface area contributed by atoms with E-state index in [0.29, 0.717) is 0 Å². The molecule has 0 bridgehead atoms. The van der Waals surface area contributed by atoms with Crippen LogP contribution in [0, 0.1) is 5.82 Å². The number of nitrogens with two attached hydrogens (primary N) is 1. The lowest BCUT2D eigenvalue weighted by atomic mass is 10.2. The Kier molecular flexibility index (Phi) is 3.24. The van der Waals surface area contributed by atoms with Gasteiger partial charge in [-0.3, -0.25) is 0 Å². The molecule has 1 unspecified atom stereocenters. The highest BCUT2D eigenvalue weighted by molar-refractivity contribution is 5.56. The van der Waals surface area contributed by atoms with Gasteiger partial charge in [-0.2, -0.15) is 0 Å². The molecule has 0 spiro atoms. The predicted molar refractivity (Wildman–Crippen MR) is 65.9 cm³/mol. The molecule has 1 atom stereocenters. The molecule has 2 rings (SSSR count). The van der Waals surface area contributed by atoms with Gasteiger partial charge in [-0.25, -0.2) is 9.37 Å². The molecule has 0 fully saturated rings. The molecule has 0 amide bonds. The monoisotopic (exact) mass is 233 g/mol. The molecule has 90 valence electrons. The van der Waals surface area contributed by atoms with E-state index < -0.39 is 0 Å². The van der Waals surface area contributed by atoms with Gasteiger partial charge < -0.3 is 10.3 Å². The van der Waals surface area contributed by atoms with Gasteiger partial charge in [-0.1, -0.05) is 0 Å². The zero-order valence-electron chi connectivity index (χ0n) is 10.0. The van der Waals surface area contributed by atoms with E-state index in [1.165, 1.54) is 12.1 Å². The predicted octanol–water partition coefficient (Wildman–Crippen LogP) is 2.73. The molecule has 2 aromatic rings. The summed E-state index contributed by atoms with van der Waals surface area (Å²) < 4.78 is 14.9. The van der Waals surface area contributed by atoms with Crippen LogP contribution >= 0.6 is 0 Å². The van der Waals surface area contributed by atoms with Crippen molar-refractivity contribution in [1.82, 2.24) is 9.55 Å². The molecule has 2 N–H and O–H groups in total. The first-order chi connectivity index (χ1) is 8.13. The topological polar surface area (TPSA) is 43.8 Å². The van der Waals surface area contributed by atoms with Crippen LogP contribution in [0.1, 0.15) is 25.6 Å². The van der Waals surface area contributed by atoms with E-state index in [1.54, 1.807) is 18.3 Å². The van der Waals surface area contributed by atoms with Crippen molar-refractivity contribution in [3.05, 3.63) is 42.0 Å². The van der Waals surface area contributed by atoms with Crippen molar-refractivity contribution in [1.29, 1.82) is 0 Å². The zero-order valence-corrected chi connectivity index (χ0v) is 10.0. The Morgan fingerprint density at radius 3 is 2.53 bits per heavy atom. The van der Waals surface area contributed by atoms with Crippen LogP contribution in [0.5, 0.6) is 0 Å². The second-order valence-electron chi connectivity index (χ2n) is 4.05. The number of rotatable bonds is 3. The van der Waals surface area contributed by atoms with E-state index in [9.17, 15) is 4.39 Å². The Labute approximate surface area is 100 Å². The van der Waals surface area contributed by atoms with E-state index in [4.69, 9.17) is 5.73 Å². The maximum absolute atomic E-state index is 12.9. The van der Waals surface area contributed by atoms with E-state index in [1.807, 2.05) is 13.8 Å². The van der Waals surface area contributed by atoms with Gasteiger partial charge in [0.05, 0.1) is 11.9 Å². The fourth-order valence-electron chi connectivity index (χ4n) is 1.91. The summed E-state index contributed by atoms with van der Waals surface area (Å²) in [6, 6.07) is 6.28. The van der Waals surface area contributed by atoms with Crippen LogP contribution in [-0.4, -0.2) is 9.55 Å². The smallest absolute Gasteiger partial charge is 0.140 e. The number of hydrogen-bond acceptors (Lipinski definition) is 2. The van der Waals surface area contributed by atoms with Crippen LogP contribution in [-0.2, 0) is 6.54 Å². The van der Waals surface area contributed by atoms with Crippen molar-refractivity contribution in [2.45, 2.75) is 26.4 Å². The summed E-state index contributed by atoms with van der Waals surface area (Å²) >= 11 is 0. The lowest BCUT2D eigenvalue weighted by Gasteiger charge is -2.11. The number of nitrogens with zero attached hydrogens (tertiary/aromatic N) is 2. The molecule has 0 aliphatic carbocycles. The minimum atomic E-state index is -0.240. The van der Waals surface area contributed by atoms with Crippen molar-refractivity contribution in [3.63, 3.8) is 0 Å². The number of hydrogen-bond donors (Lipinski definition) is 1. The molecule has 0 saturated carbocycles. The van der Waals surface area contributed by atoms with Gasteiger partial charge in [0.25, 0.3) is 0 Å². The third kappa shape index (κ3) is 2.22. The number of imidazole rings is 1. The Balaban J connectivity index is 2.48. The van der Waals surface area contributed by atoms with Crippen LogP contribution in [0.2, 0.25) is 0 Å². The van der Waals surface area contributed by atoms with Crippen LogP contribution in [0.15, 0.2) is 30.5 Å². The summed E-state index contributed by atoms with van der Waals surface area (Å²) in [5.74, 6) is 0.593.